The second-order valence-electron chi connectivity index (χ2n) is 6.31. The number of likely N-dealkylation sites (tertiary alicyclic amines) is 1. The summed E-state index contributed by atoms with van der Waals surface area (Å²) in [7, 11) is 1.87. The number of nitrogens with one attached hydrogen (secondary N) is 2. The van der Waals surface area contributed by atoms with Gasteiger partial charge >= 0.3 is 0 Å². The summed E-state index contributed by atoms with van der Waals surface area (Å²) in [6.45, 7) is 10.6. The molecule has 21 heavy (non-hydrogen) atoms. The standard InChI is InChI=1S/C15H31N3O.2ClH/c1-5-13-7-6-10-18(11-13)15(2,3)12-17-14(19)8-9-16-4;;/h13,16H,5-12H2,1-4H3,(H,17,19);2*1H. The Labute approximate surface area is 142 Å². The van der Waals surface area contributed by atoms with E-state index < -0.39 is 0 Å². The van der Waals surface area contributed by atoms with Crippen LogP contribution in [0.1, 0.15) is 46.5 Å². The van der Waals surface area contributed by atoms with E-state index in [1.54, 1.807) is 0 Å². The fourth-order valence-corrected chi connectivity index (χ4v) is 2.70. The molecule has 1 atom stereocenters. The minimum atomic E-state index is 0. The zero-order valence-electron chi connectivity index (χ0n) is 13.9. The molecule has 0 bridgehead atoms. The van der Waals surface area contributed by atoms with Crippen LogP contribution in [-0.2, 0) is 4.79 Å². The van der Waals surface area contributed by atoms with Gasteiger partial charge in [0.15, 0.2) is 0 Å². The number of carbonyl (C=O) groups is 1. The third kappa shape index (κ3) is 8.24. The van der Waals surface area contributed by atoms with Gasteiger partial charge in [0.1, 0.15) is 0 Å². The van der Waals surface area contributed by atoms with Crippen LogP contribution >= 0.6 is 24.8 Å². The second-order valence-corrected chi connectivity index (χ2v) is 6.31. The summed E-state index contributed by atoms with van der Waals surface area (Å²) < 4.78 is 0. The molecule has 6 heteroatoms. The van der Waals surface area contributed by atoms with E-state index in [-0.39, 0.29) is 36.3 Å². The van der Waals surface area contributed by atoms with Crippen LogP contribution in [0.25, 0.3) is 0 Å². The third-order valence-electron chi connectivity index (χ3n) is 4.27. The van der Waals surface area contributed by atoms with Crippen molar-refractivity contribution in [2.45, 2.75) is 52.0 Å². The smallest absolute Gasteiger partial charge is 0.221 e. The van der Waals surface area contributed by atoms with Gasteiger partial charge in [-0.1, -0.05) is 13.3 Å². The molecular weight excluding hydrogens is 309 g/mol. The van der Waals surface area contributed by atoms with E-state index in [1.807, 2.05) is 7.05 Å². The highest BCUT2D eigenvalue weighted by Crippen LogP contribution is 2.25. The van der Waals surface area contributed by atoms with Crippen molar-refractivity contribution < 1.29 is 4.79 Å². The van der Waals surface area contributed by atoms with Gasteiger partial charge in [0.25, 0.3) is 0 Å². The maximum absolute atomic E-state index is 11.7. The maximum atomic E-state index is 11.7. The van der Waals surface area contributed by atoms with Crippen LogP contribution in [0.4, 0.5) is 0 Å². The SMILES string of the molecule is CCC1CCCN(C(C)(C)CNC(=O)CCNC)C1.Cl.Cl. The largest absolute Gasteiger partial charge is 0.354 e. The van der Waals surface area contributed by atoms with E-state index in [9.17, 15) is 4.79 Å². The predicted octanol–water partition coefficient (Wildman–Crippen LogP) is 2.46. The average Bonchev–Trinajstić information content (AvgIpc) is 2.43. The van der Waals surface area contributed by atoms with Gasteiger partial charge in [0, 0.05) is 31.6 Å². The highest BCUT2D eigenvalue weighted by molar-refractivity contribution is 5.85. The van der Waals surface area contributed by atoms with E-state index >= 15 is 0 Å². The normalized spacial score (nSPS) is 19.3. The first-order chi connectivity index (χ1) is 8.99. The lowest BCUT2D eigenvalue weighted by Gasteiger charge is -2.43. The first-order valence-electron chi connectivity index (χ1n) is 7.66. The van der Waals surface area contributed by atoms with Crippen LogP contribution in [-0.4, -0.2) is 49.6 Å². The van der Waals surface area contributed by atoms with Gasteiger partial charge in [0.05, 0.1) is 0 Å². The molecule has 0 saturated carbocycles. The summed E-state index contributed by atoms with van der Waals surface area (Å²) in [4.78, 5) is 14.2. The van der Waals surface area contributed by atoms with Gasteiger partial charge in [0.2, 0.25) is 5.91 Å². The lowest BCUT2D eigenvalue weighted by molar-refractivity contribution is -0.121. The first-order valence-corrected chi connectivity index (χ1v) is 7.66. The number of carbonyl (C=O) groups excluding carboxylic acids is 1. The topological polar surface area (TPSA) is 44.4 Å². The van der Waals surface area contributed by atoms with Crippen LogP contribution < -0.4 is 10.6 Å². The first kappa shape index (κ1) is 23.2. The fourth-order valence-electron chi connectivity index (χ4n) is 2.70. The van der Waals surface area contributed by atoms with E-state index in [2.05, 4.69) is 36.3 Å². The molecule has 128 valence electrons. The van der Waals surface area contributed by atoms with Crippen molar-refractivity contribution in [3.8, 4) is 0 Å². The van der Waals surface area contributed by atoms with E-state index in [4.69, 9.17) is 0 Å². The molecule has 1 saturated heterocycles. The highest BCUT2D eigenvalue weighted by Gasteiger charge is 2.30. The Morgan fingerprint density at radius 2 is 2.00 bits per heavy atom. The van der Waals surface area contributed by atoms with Crippen LogP contribution in [0.15, 0.2) is 0 Å². The van der Waals surface area contributed by atoms with Crippen molar-refractivity contribution in [3.63, 3.8) is 0 Å². The van der Waals surface area contributed by atoms with Crippen molar-refractivity contribution in [2.24, 2.45) is 5.92 Å². The van der Waals surface area contributed by atoms with Gasteiger partial charge < -0.3 is 10.6 Å². The van der Waals surface area contributed by atoms with E-state index in [0.29, 0.717) is 6.42 Å². The zero-order valence-corrected chi connectivity index (χ0v) is 15.5. The van der Waals surface area contributed by atoms with Crippen LogP contribution in [0.5, 0.6) is 0 Å². The average molecular weight is 342 g/mol. The molecule has 4 nitrogen and oxygen atoms in total. The van der Waals surface area contributed by atoms with Crippen LogP contribution in [0, 0.1) is 5.92 Å². The summed E-state index contributed by atoms with van der Waals surface area (Å²) >= 11 is 0. The van der Waals surface area contributed by atoms with Crippen molar-refractivity contribution in [1.29, 1.82) is 0 Å². The molecule has 0 aliphatic carbocycles. The number of hydrogen-bond donors (Lipinski definition) is 2. The van der Waals surface area contributed by atoms with Gasteiger partial charge in [-0.15, -0.1) is 24.8 Å². The lowest BCUT2D eigenvalue weighted by atomic mass is 9.91. The lowest BCUT2D eigenvalue weighted by Crippen LogP contribution is -2.55. The molecule has 0 aromatic heterocycles. The monoisotopic (exact) mass is 341 g/mol. The van der Waals surface area contributed by atoms with Gasteiger partial charge in [-0.25, -0.2) is 0 Å². The Hall–Kier alpha value is -0.0300. The molecular formula is C15H33Cl2N3O. The summed E-state index contributed by atoms with van der Waals surface area (Å²) in [5.74, 6) is 0.972. The molecule has 1 aliphatic heterocycles. The van der Waals surface area contributed by atoms with Gasteiger partial charge in [-0.3, -0.25) is 9.69 Å². The Morgan fingerprint density at radius 1 is 1.33 bits per heavy atom. The Morgan fingerprint density at radius 3 is 2.57 bits per heavy atom. The van der Waals surface area contributed by atoms with Crippen molar-refractivity contribution >= 4 is 30.7 Å². The Bertz CT molecular complexity index is 288. The molecule has 1 aliphatic rings. The van der Waals surface area contributed by atoms with Crippen molar-refractivity contribution in [3.05, 3.63) is 0 Å². The maximum Gasteiger partial charge on any atom is 0.221 e. The molecule has 1 fully saturated rings. The fraction of sp³-hybridized carbons (Fsp3) is 0.933. The second kappa shape index (κ2) is 11.5. The number of piperidine rings is 1. The number of halogens is 2. The molecule has 0 spiro atoms. The summed E-state index contributed by atoms with van der Waals surface area (Å²) in [6.07, 6.45) is 4.47. The van der Waals surface area contributed by atoms with Crippen molar-refractivity contribution in [1.82, 2.24) is 15.5 Å². The predicted molar refractivity (Wildman–Crippen MR) is 94.7 cm³/mol. The third-order valence-corrected chi connectivity index (χ3v) is 4.27. The Balaban J connectivity index is 0. The number of rotatable bonds is 7. The zero-order chi connectivity index (χ0) is 14.3. The molecule has 0 aromatic carbocycles. The summed E-state index contributed by atoms with van der Waals surface area (Å²) in [5.41, 5.74) is 0.0587. The molecule has 2 N–H and O–H groups in total. The minimum Gasteiger partial charge on any atom is -0.354 e. The highest BCUT2D eigenvalue weighted by atomic mass is 35.5. The molecule has 0 aromatic rings. The molecule has 1 heterocycles. The molecule has 1 amide bonds. The summed E-state index contributed by atoms with van der Waals surface area (Å²) in [5, 5.41) is 6.07. The van der Waals surface area contributed by atoms with E-state index in [0.717, 1.165) is 25.6 Å². The Kier molecular flexibility index (Phi) is 12.8. The molecule has 0 radical (unpaired) electrons. The minimum absolute atomic E-state index is 0. The quantitative estimate of drug-likeness (QED) is 0.747. The van der Waals surface area contributed by atoms with Crippen molar-refractivity contribution in [2.75, 3.05) is 33.2 Å². The molecule has 1 rings (SSSR count). The number of amides is 1. The van der Waals surface area contributed by atoms with E-state index in [1.165, 1.54) is 25.8 Å². The van der Waals surface area contributed by atoms with Gasteiger partial charge in [-0.2, -0.15) is 0 Å². The number of hydrogen-bond acceptors (Lipinski definition) is 3. The van der Waals surface area contributed by atoms with Gasteiger partial charge in [-0.05, 0) is 46.2 Å². The van der Waals surface area contributed by atoms with Crippen LogP contribution in [0.3, 0.4) is 0 Å². The summed E-state index contributed by atoms with van der Waals surface area (Å²) in [6, 6.07) is 0. The van der Waals surface area contributed by atoms with Crippen LogP contribution in [0.2, 0.25) is 0 Å². The number of nitrogens with zero attached hydrogens (tertiary/aromatic N) is 1. The molecule has 1 unspecified atom stereocenters.